The van der Waals surface area contributed by atoms with Gasteiger partial charge in [-0.15, -0.1) is 0 Å². The molecular weight excluding hydrogens is 502 g/mol. The van der Waals surface area contributed by atoms with Gasteiger partial charge in [0.1, 0.15) is 29.1 Å². The Labute approximate surface area is 215 Å². The lowest BCUT2D eigenvalue weighted by Gasteiger charge is -2.27. The number of anilines is 1. The van der Waals surface area contributed by atoms with Crippen LogP contribution >= 0.6 is 0 Å². The van der Waals surface area contributed by atoms with Crippen molar-refractivity contribution in [2.75, 3.05) is 18.9 Å². The third-order valence-corrected chi connectivity index (χ3v) is 7.53. The largest absolute Gasteiger partial charge is 0.480 e. The van der Waals surface area contributed by atoms with Crippen molar-refractivity contribution in [2.45, 2.75) is 37.8 Å². The molecule has 2 aliphatic carbocycles. The average Bonchev–Trinajstić information content (AvgIpc) is 3.52. The smallest absolute Gasteiger partial charge is 0.324 e. The molecule has 1 heterocycles. The van der Waals surface area contributed by atoms with Crippen molar-refractivity contribution in [2.24, 2.45) is 5.41 Å². The van der Waals surface area contributed by atoms with Gasteiger partial charge in [-0.25, -0.2) is 13.6 Å². The van der Waals surface area contributed by atoms with E-state index >= 15 is 0 Å². The van der Waals surface area contributed by atoms with Gasteiger partial charge >= 0.3 is 12.0 Å². The van der Waals surface area contributed by atoms with Gasteiger partial charge in [-0.2, -0.15) is 0 Å². The lowest BCUT2D eigenvalue weighted by molar-refractivity contribution is -0.154. The van der Waals surface area contributed by atoms with E-state index in [1.165, 1.54) is 4.90 Å². The number of aliphatic carboxylic acids is 1. The Hall–Kier alpha value is -4.35. The number of halogens is 2. The molecule has 0 radical (unpaired) electrons. The number of nitrogens with one attached hydrogen (secondary N) is 2. The molecule has 1 aliphatic heterocycles. The first-order chi connectivity index (χ1) is 17.9. The first kappa shape index (κ1) is 25.3. The molecule has 5 amide bonds. The molecule has 3 N–H and O–H groups in total. The fourth-order valence-electron chi connectivity index (χ4n) is 5.22. The molecule has 3 aliphatic rings. The molecule has 1 unspecified atom stereocenters. The average molecular weight is 526 g/mol. The summed E-state index contributed by atoms with van der Waals surface area (Å²) in [5, 5.41) is 14.5. The molecular formula is C26H24F2N4O6. The lowest BCUT2D eigenvalue weighted by Crippen LogP contribution is -2.48. The minimum absolute atomic E-state index is 0.0705. The topological polar surface area (TPSA) is 136 Å². The summed E-state index contributed by atoms with van der Waals surface area (Å²) in [5.41, 5.74) is -0.615. The molecule has 198 valence electrons. The molecule has 1 spiro atoms. The van der Waals surface area contributed by atoms with Gasteiger partial charge in [0.25, 0.3) is 5.91 Å². The summed E-state index contributed by atoms with van der Waals surface area (Å²) in [4.78, 5) is 64.6. The number of hydrogen-bond donors (Lipinski definition) is 3. The second-order valence-corrected chi connectivity index (χ2v) is 10.1. The summed E-state index contributed by atoms with van der Waals surface area (Å²) in [6, 6.07) is 7.26. The molecule has 38 heavy (non-hydrogen) atoms. The molecule has 2 aromatic carbocycles. The quantitative estimate of drug-likeness (QED) is 0.372. The van der Waals surface area contributed by atoms with Crippen LogP contribution in [0.25, 0.3) is 0 Å². The van der Waals surface area contributed by atoms with Crippen molar-refractivity contribution in [3.05, 3.63) is 64.7 Å². The minimum atomic E-state index is -1.65. The number of imide groups is 1. The van der Waals surface area contributed by atoms with Crippen LogP contribution in [-0.2, 0) is 38.6 Å². The van der Waals surface area contributed by atoms with Crippen LogP contribution in [0.5, 0.6) is 0 Å². The molecule has 0 aromatic heterocycles. The van der Waals surface area contributed by atoms with Gasteiger partial charge in [-0.3, -0.25) is 24.5 Å². The summed E-state index contributed by atoms with van der Waals surface area (Å²) < 4.78 is 27.5. The van der Waals surface area contributed by atoms with E-state index in [-0.39, 0.29) is 37.3 Å². The molecule has 0 bridgehead atoms. The van der Waals surface area contributed by atoms with Gasteiger partial charge in [0, 0.05) is 38.2 Å². The van der Waals surface area contributed by atoms with Crippen LogP contribution in [0.3, 0.4) is 0 Å². The molecule has 5 rings (SSSR count). The van der Waals surface area contributed by atoms with Gasteiger partial charge in [-0.1, -0.05) is 6.07 Å². The van der Waals surface area contributed by atoms with E-state index in [4.69, 9.17) is 0 Å². The Balaban J connectivity index is 1.33. The highest BCUT2D eigenvalue weighted by molar-refractivity contribution is 6.08. The maximum Gasteiger partial charge on any atom is 0.324 e. The fraction of sp³-hybridized carbons (Fsp3) is 0.346. The van der Waals surface area contributed by atoms with E-state index in [0.717, 1.165) is 28.2 Å². The van der Waals surface area contributed by atoms with Gasteiger partial charge in [0.2, 0.25) is 11.8 Å². The number of carboxylic acids is 1. The fourth-order valence-corrected chi connectivity index (χ4v) is 5.22. The molecule has 12 heteroatoms. The molecule has 1 saturated carbocycles. The van der Waals surface area contributed by atoms with Crippen molar-refractivity contribution >= 4 is 35.4 Å². The molecule has 2 fully saturated rings. The van der Waals surface area contributed by atoms with Crippen LogP contribution in [0.2, 0.25) is 0 Å². The second-order valence-electron chi connectivity index (χ2n) is 10.1. The number of benzene rings is 2. The summed E-state index contributed by atoms with van der Waals surface area (Å²) in [7, 11) is 1.55. The summed E-state index contributed by atoms with van der Waals surface area (Å²) in [5.74, 6) is -4.88. The number of rotatable bonds is 7. The van der Waals surface area contributed by atoms with Crippen LogP contribution in [0.15, 0.2) is 36.4 Å². The number of nitrogens with zero attached hydrogens (tertiary/aromatic N) is 2. The number of hydrogen-bond acceptors (Lipinski definition) is 5. The van der Waals surface area contributed by atoms with Crippen molar-refractivity contribution in [3.63, 3.8) is 0 Å². The highest BCUT2D eigenvalue weighted by atomic mass is 19.1. The number of amides is 5. The predicted octanol–water partition coefficient (Wildman–Crippen LogP) is 1.82. The SMILES string of the molecule is CN1C(=O)NC(=O)C12Cc1ccc(NC(=O)CN(Cc3cc(F)cc(F)c3)C(=O)C3(C(=O)O)CC3)cc1C2. The maximum atomic E-state index is 13.7. The van der Waals surface area contributed by atoms with Gasteiger partial charge < -0.3 is 20.2 Å². The Kier molecular flexibility index (Phi) is 5.92. The van der Waals surface area contributed by atoms with Crippen molar-refractivity contribution in [1.29, 1.82) is 0 Å². The molecule has 1 saturated heterocycles. The van der Waals surface area contributed by atoms with Crippen LogP contribution in [0, 0.1) is 17.0 Å². The van der Waals surface area contributed by atoms with Crippen molar-refractivity contribution in [3.8, 4) is 0 Å². The predicted molar refractivity (Wildman–Crippen MR) is 128 cm³/mol. The van der Waals surface area contributed by atoms with E-state index < -0.39 is 52.9 Å². The highest BCUT2D eigenvalue weighted by Gasteiger charge is 2.59. The first-order valence-electron chi connectivity index (χ1n) is 11.9. The Morgan fingerprint density at radius 1 is 1.05 bits per heavy atom. The van der Waals surface area contributed by atoms with E-state index in [0.29, 0.717) is 18.2 Å². The Bertz CT molecular complexity index is 1390. The summed E-state index contributed by atoms with van der Waals surface area (Å²) in [6.07, 6.45) is 0.799. The van der Waals surface area contributed by atoms with Crippen LogP contribution in [-0.4, -0.2) is 63.8 Å². The van der Waals surface area contributed by atoms with E-state index in [1.807, 2.05) is 0 Å². The van der Waals surface area contributed by atoms with Crippen LogP contribution < -0.4 is 10.6 Å². The Morgan fingerprint density at radius 3 is 2.29 bits per heavy atom. The number of carbonyl (C=O) groups is 5. The third-order valence-electron chi connectivity index (χ3n) is 7.53. The molecule has 2 aromatic rings. The zero-order valence-corrected chi connectivity index (χ0v) is 20.3. The summed E-state index contributed by atoms with van der Waals surface area (Å²) in [6.45, 7) is -0.912. The number of fused-ring (bicyclic) bond motifs is 1. The van der Waals surface area contributed by atoms with E-state index in [2.05, 4.69) is 10.6 Å². The normalized spacial score (nSPS) is 20.8. The summed E-state index contributed by atoms with van der Waals surface area (Å²) >= 11 is 0. The standard InChI is InChI=1S/C26H24F2N4O6/c1-31-24(38)30-21(34)26(31)10-15-2-3-19(8-16(15)11-26)29-20(33)13-32(22(35)25(4-5-25)23(36)37)12-14-6-17(27)9-18(28)7-14/h2-3,6-9H,4-5,10-13H2,1H3,(H,29,33)(H,36,37)(H,30,34,38). The number of likely N-dealkylation sites (N-methyl/N-ethyl adjacent to an activating group) is 1. The third kappa shape index (κ3) is 4.25. The molecule has 10 nitrogen and oxygen atoms in total. The van der Waals surface area contributed by atoms with Crippen LogP contribution in [0.1, 0.15) is 29.5 Å². The van der Waals surface area contributed by atoms with Gasteiger partial charge in [-0.05, 0) is 53.8 Å². The monoisotopic (exact) mass is 526 g/mol. The first-order valence-corrected chi connectivity index (χ1v) is 11.9. The number of urea groups is 1. The Morgan fingerprint density at radius 2 is 1.71 bits per heavy atom. The second kappa shape index (κ2) is 8.89. The van der Waals surface area contributed by atoms with Crippen molar-refractivity contribution in [1.82, 2.24) is 15.1 Å². The van der Waals surface area contributed by atoms with Gasteiger partial charge in [0.05, 0.1) is 0 Å². The highest BCUT2D eigenvalue weighted by Crippen LogP contribution is 2.47. The number of carboxylic acid groups (broad SMARTS) is 1. The maximum absolute atomic E-state index is 13.7. The lowest BCUT2D eigenvalue weighted by atomic mass is 9.95. The van der Waals surface area contributed by atoms with Crippen LogP contribution in [0.4, 0.5) is 19.3 Å². The van der Waals surface area contributed by atoms with Crippen molar-refractivity contribution < 1.29 is 37.9 Å². The van der Waals surface area contributed by atoms with Gasteiger partial charge in [0.15, 0.2) is 0 Å². The minimum Gasteiger partial charge on any atom is -0.480 e. The van der Waals surface area contributed by atoms with E-state index in [1.54, 1.807) is 25.2 Å². The molecule has 1 atom stereocenters. The van der Waals surface area contributed by atoms with E-state index in [9.17, 15) is 37.9 Å². The number of carbonyl (C=O) groups excluding carboxylic acids is 4. The zero-order chi connectivity index (χ0) is 27.4. The zero-order valence-electron chi connectivity index (χ0n) is 20.3.